The summed E-state index contributed by atoms with van der Waals surface area (Å²) >= 11 is 6.13. The zero-order chi connectivity index (χ0) is 18.3. The Morgan fingerprint density at radius 3 is 2.88 bits per heavy atom. The molecule has 2 amide bonds. The number of nitrogens with zero attached hydrogens (tertiary/aromatic N) is 4. The first-order valence-corrected chi connectivity index (χ1v) is 9.21. The molecule has 1 aromatic heterocycles. The van der Waals surface area contributed by atoms with Crippen LogP contribution in [-0.4, -0.2) is 51.5 Å². The Hall–Kier alpha value is -2.34. The molecule has 6 nitrogen and oxygen atoms in total. The maximum atomic E-state index is 13.2. The molecular weight excluding hydrogens is 352 g/mol. The lowest BCUT2D eigenvalue weighted by Gasteiger charge is -2.28. The first kappa shape index (κ1) is 17.1. The fraction of sp³-hybridized carbons (Fsp3) is 0.421. The van der Waals surface area contributed by atoms with E-state index in [0.717, 1.165) is 12.0 Å². The number of halogens is 1. The van der Waals surface area contributed by atoms with Crippen LogP contribution < -0.4 is 0 Å². The number of carbonyl (C=O) groups excluding carboxylic acids is 2. The van der Waals surface area contributed by atoms with Crippen molar-refractivity contribution >= 4 is 23.4 Å². The van der Waals surface area contributed by atoms with Crippen LogP contribution in [0.1, 0.15) is 30.5 Å². The van der Waals surface area contributed by atoms with Crippen LogP contribution in [0, 0.1) is 5.92 Å². The van der Waals surface area contributed by atoms with Gasteiger partial charge >= 0.3 is 0 Å². The van der Waals surface area contributed by atoms with E-state index in [1.54, 1.807) is 24.2 Å². The number of rotatable bonds is 3. The number of amides is 2. The van der Waals surface area contributed by atoms with Gasteiger partial charge in [0.1, 0.15) is 0 Å². The summed E-state index contributed by atoms with van der Waals surface area (Å²) in [6.07, 6.45) is 4.81. The summed E-state index contributed by atoms with van der Waals surface area (Å²) in [5, 5.41) is 4.90. The van der Waals surface area contributed by atoms with Crippen molar-refractivity contribution in [3.8, 4) is 0 Å². The summed E-state index contributed by atoms with van der Waals surface area (Å²) < 4.78 is 1.91. The summed E-state index contributed by atoms with van der Waals surface area (Å²) in [6, 6.07) is 9.27. The maximum Gasteiger partial charge on any atom is 0.228 e. The molecule has 0 radical (unpaired) electrons. The Bertz CT molecular complexity index is 823. The van der Waals surface area contributed by atoms with E-state index < -0.39 is 0 Å². The topological polar surface area (TPSA) is 58.4 Å². The first-order chi connectivity index (χ1) is 12.5. The van der Waals surface area contributed by atoms with Crippen molar-refractivity contribution in [1.29, 1.82) is 0 Å². The third-order valence-corrected chi connectivity index (χ3v) is 5.70. The minimum Gasteiger partial charge on any atom is -0.340 e. The van der Waals surface area contributed by atoms with Gasteiger partial charge in [-0.25, -0.2) is 0 Å². The van der Waals surface area contributed by atoms with Gasteiger partial charge < -0.3 is 9.80 Å². The lowest BCUT2D eigenvalue weighted by atomic mass is 9.92. The van der Waals surface area contributed by atoms with Crippen molar-refractivity contribution in [3.63, 3.8) is 0 Å². The smallest absolute Gasteiger partial charge is 0.228 e. The average molecular weight is 373 g/mol. The molecule has 0 bridgehead atoms. The number of carbonyl (C=O) groups is 2. The molecule has 2 aromatic rings. The van der Waals surface area contributed by atoms with Crippen LogP contribution in [0.2, 0.25) is 5.02 Å². The predicted octanol–water partition coefficient (Wildman–Crippen LogP) is 2.53. The molecule has 0 aliphatic carbocycles. The summed E-state index contributed by atoms with van der Waals surface area (Å²) in [4.78, 5) is 29.1. The second-order valence-corrected chi connectivity index (χ2v) is 7.46. The van der Waals surface area contributed by atoms with E-state index in [1.165, 1.54) is 0 Å². The minimum absolute atomic E-state index is 0.00357. The molecule has 2 aliphatic heterocycles. The van der Waals surface area contributed by atoms with Crippen LogP contribution in [0.4, 0.5) is 0 Å². The van der Waals surface area contributed by atoms with Crippen LogP contribution in [0.25, 0.3) is 0 Å². The second-order valence-electron chi connectivity index (χ2n) is 7.03. The van der Waals surface area contributed by atoms with Crippen LogP contribution in [0.3, 0.4) is 0 Å². The fourth-order valence-electron chi connectivity index (χ4n) is 4.13. The van der Waals surface area contributed by atoms with Crippen molar-refractivity contribution in [2.45, 2.75) is 24.9 Å². The van der Waals surface area contributed by atoms with Gasteiger partial charge in [0.15, 0.2) is 0 Å². The van der Waals surface area contributed by atoms with Gasteiger partial charge in [-0.2, -0.15) is 5.10 Å². The summed E-state index contributed by atoms with van der Waals surface area (Å²) in [7, 11) is 1.76. The standard InChI is InChI=1S/C19H21ClN4O2/c1-22-17(25)11-16(18(22)13-4-2-5-14(20)10-13)19(26)23-9-6-15(12-23)24-8-3-7-21-24/h2-5,7-8,10,15-16,18H,6,9,11-12H2,1H3. The van der Waals surface area contributed by atoms with Gasteiger partial charge in [-0.15, -0.1) is 0 Å². The van der Waals surface area contributed by atoms with Gasteiger partial charge in [-0.3, -0.25) is 14.3 Å². The molecule has 3 heterocycles. The summed E-state index contributed by atoms with van der Waals surface area (Å²) in [6.45, 7) is 1.33. The molecular formula is C19H21ClN4O2. The SMILES string of the molecule is CN1C(=O)CC(C(=O)N2CCC(n3cccn3)C2)C1c1cccc(Cl)c1. The molecule has 0 saturated carbocycles. The van der Waals surface area contributed by atoms with E-state index in [4.69, 9.17) is 11.6 Å². The Morgan fingerprint density at radius 1 is 1.31 bits per heavy atom. The molecule has 2 aliphatic rings. The van der Waals surface area contributed by atoms with Crippen molar-refractivity contribution in [2.24, 2.45) is 5.92 Å². The van der Waals surface area contributed by atoms with Gasteiger partial charge in [0.2, 0.25) is 11.8 Å². The molecule has 2 fully saturated rings. The zero-order valence-corrected chi connectivity index (χ0v) is 15.3. The van der Waals surface area contributed by atoms with Crippen molar-refractivity contribution in [2.75, 3.05) is 20.1 Å². The fourth-order valence-corrected chi connectivity index (χ4v) is 4.33. The molecule has 1 aromatic carbocycles. The highest BCUT2D eigenvalue weighted by Gasteiger charge is 2.45. The van der Waals surface area contributed by atoms with E-state index in [0.29, 0.717) is 18.1 Å². The molecule has 3 unspecified atom stereocenters. The molecule has 0 spiro atoms. The summed E-state index contributed by atoms with van der Waals surface area (Å²) in [5.74, 6) is -0.333. The number of hydrogen-bond donors (Lipinski definition) is 0. The zero-order valence-electron chi connectivity index (χ0n) is 14.6. The largest absolute Gasteiger partial charge is 0.340 e. The van der Waals surface area contributed by atoms with Crippen molar-refractivity contribution < 1.29 is 9.59 Å². The van der Waals surface area contributed by atoms with E-state index in [9.17, 15) is 9.59 Å². The Kier molecular flexibility index (Phi) is 4.44. The van der Waals surface area contributed by atoms with Gasteiger partial charge in [-0.05, 0) is 30.2 Å². The van der Waals surface area contributed by atoms with Crippen molar-refractivity contribution in [1.82, 2.24) is 19.6 Å². The highest BCUT2D eigenvalue weighted by atomic mass is 35.5. The Labute approximate surface area is 157 Å². The lowest BCUT2D eigenvalue weighted by molar-refractivity contribution is -0.135. The Morgan fingerprint density at radius 2 is 2.15 bits per heavy atom. The normalized spacial score (nSPS) is 25.9. The van der Waals surface area contributed by atoms with E-state index in [1.807, 2.05) is 40.0 Å². The van der Waals surface area contributed by atoms with Crippen LogP contribution in [0.5, 0.6) is 0 Å². The third-order valence-electron chi connectivity index (χ3n) is 5.47. The highest BCUT2D eigenvalue weighted by Crippen LogP contribution is 2.39. The number of hydrogen-bond acceptors (Lipinski definition) is 3. The van der Waals surface area contributed by atoms with Gasteiger partial charge in [0.25, 0.3) is 0 Å². The average Bonchev–Trinajstić information content (AvgIpc) is 3.35. The number of benzene rings is 1. The first-order valence-electron chi connectivity index (χ1n) is 8.83. The van der Waals surface area contributed by atoms with Gasteiger partial charge in [0.05, 0.1) is 18.0 Å². The van der Waals surface area contributed by atoms with Gasteiger partial charge in [-0.1, -0.05) is 23.7 Å². The van der Waals surface area contributed by atoms with Crippen LogP contribution in [0.15, 0.2) is 42.7 Å². The van der Waals surface area contributed by atoms with Crippen LogP contribution >= 0.6 is 11.6 Å². The molecule has 3 atom stereocenters. The van der Waals surface area contributed by atoms with Crippen LogP contribution in [-0.2, 0) is 9.59 Å². The molecule has 136 valence electrons. The second kappa shape index (κ2) is 6.76. The number of aromatic nitrogens is 2. The maximum absolute atomic E-state index is 13.2. The molecule has 26 heavy (non-hydrogen) atoms. The molecule has 4 rings (SSSR count). The van der Waals surface area contributed by atoms with E-state index in [-0.39, 0.29) is 36.2 Å². The predicted molar refractivity (Wildman–Crippen MR) is 97.5 cm³/mol. The molecule has 2 saturated heterocycles. The minimum atomic E-state index is -0.373. The third kappa shape index (κ3) is 2.98. The molecule has 7 heteroatoms. The highest BCUT2D eigenvalue weighted by molar-refractivity contribution is 6.30. The summed E-state index contributed by atoms with van der Waals surface area (Å²) in [5.41, 5.74) is 0.909. The van der Waals surface area contributed by atoms with E-state index >= 15 is 0 Å². The monoisotopic (exact) mass is 372 g/mol. The Balaban J connectivity index is 1.55. The van der Waals surface area contributed by atoms with Crippen molar-refractivity contribution in [3.05, 3.63) is 53.3 Å². The lowest BCUT2D eigenvalue weighted by Crippen LogP contribution is -2.37. The van der Waals surface area contributed by atoms with Gasteiger partial charge in [0, 0.05) is 44.0 Å². The number of likely N-dealkylation sites (tertiary alicyclic amines) is 2. The quantitative estimate of drug-likeness (QED) is 0.831. The molecule has 0 N–H and O–H groups in total. The van der Waals surface area contributed by atoms with E-state index in [2.05, 4.69) is 5.10 Å².